The lowest BCUT2D eigenvalue weighted by Crippen LogP contribution is -2.14. The molecule has 8 nitrogen and oxygen atoms in total. The molecule has 2 amide bonds. The first-order valence-electron chi connectivity index (χ1n) is 9.98. The van der Waals surface area contributed by atoms with Gasteiger partial charge in [0.2, 0.25) is 5.91 Å². The van der Waals surface area contributed by atoms with Gasteiger partial charge in [0, 0.05) is 35.2 Å². The summed E-state index contributed by atoms with van der Waals surface area (Å²) >= 11 is 0. The predicted molar refractivity (Wildman–Crippen MR) is 117 cm³/mol. The van der Waals surface area contributed by atoms with E-state index in [9.17, 15) is 9.59 Å². The summed E-state index contributed by atoms with van der Waals surface area (Å²) in [5.41, 5.74) is 5.94. The van der Waals surface area contributed by atoms with Gasteiger partial charge >= 0.3 is 0 Å². The first-order valence-corrected chi connectivity index (χ1v) is 9.98. The quantitative estimate of drug-likeness (QED) is 0.492. The summed E-state index contributed by atoms with van der Waals surface area (Å²) in [6.07, 6.45) is 2.34. The van der Waals surface area contributed by atoms with Crippen LogP contribution in [0.5, 0.6) is 0 Å². The molecule has 0 saturated heterocycles. The Kier molecular flexibility index (Phi) is 5.53. The molecule has 0 saturated carbocycles. The number of aryl methyl sites for hydroxylation is 3. The van der Waals surface area contributed by atoms with Crippen LogP contribution in [0.3, 0.4) is 0 Å². The zero-order valence-corrected chi connectivity index (χ0v) is 17.6. The second-order valence-electron chi connectivity index (χ2n) is 7.37. The number of hydrogen-bond acceptors (Lipinski definition) is 5. The fourth-order valence-electron chi connectivity index (χ4n) is 3.50. The number of rotatable bonds is 6. The third-order valence-corrected chi connectivity index (χ3v) is 5.06. The van der Waals surface area contributed by atoms with Crippen molar-refractivity contribution in [2.24, 2.45) is 0 Å². The monoisotopic (exact) mass is 417 g/mol. The van der Waals surface area contributed by atoms with Gasteiger partial charge in [-0.25, -0.2) is 9.50 Å². The second-order valence-corrected chi connectivity index (χ2v) is 7.37. The number of aromatic nitrogens is 3. The summed E-state index contributed by atoms with van der Waals surface area (Å²) in [4.78, 5) is 29.1. The molecule has 3 aromatic heterocycles. The van der Waals surface area contributed by atoms with E-state index in [0.717, 1.165) is 28.3 Å². The van der Waals surface area contributed by atoms with Crippen LogP contribution in [0.25, 0.3) is 5.65 Å². The highest BCUT2D eigenvalue weighted by Crippen LogP contribution is 2.18. The number of fused-ring (bicyclic) bond motifs is 1. The van der Waals surface area contributed by atoms with E-state index in [0.29, 0.717) is 24.2 Å². The third kappa shape index (κ3) is 4.48. The number of nitrogens with one attached hydrogen (secondary N) is 2. The van der Waals surface area contributed by atoms with Gasteiger partial charge in [-0.2, -0.15) is 5.10 Å². The van der Waals surface area contributed by atoms with E-state index in [4.69, 9.17) is 4.42 Å². The van der Waals surface area contributed by atoms with Crippen molar-refractivity contribution in [3.05, 3.63) is 77.1 Å². The third-order valence-electron chi connectivity index (χ3n) is 5.06. The molecule has 0 spiro atoms. The zero-order valence-electron chi connectivity index (χ0n) is 17.6. The summed E-state index contributed by atoms with van der Waals surface area (Å²) in [6.45, 7) is 5.89. The number of hydrogen-bond donors (Lipinski definition) is 2. The smallest absolute Gasteiger partial charge is 0.291 e. The van der Waals surface area contributed by atoms with E-state index in [-0.39, 0.29) is 17.6 Å². The fourth-order valence-corrected chi connectivity index (χ4v) is 3.50. The van der Waals surface area contributed by atoms with Crippen LogP contribution in [0.1, 0.15) is 39.6 Å². The van der Waals surface area contributed by atoms with Crippen LogP contribution in [0.15, 0.2) is 53.1 Å². The van der Waals surface area contributed by atoms with E-state index in [1.165, 1.54) is 6.26 Å². The molecular formula is C23H23N5O3. The predicted octanol–water partition coefficient (Wildman–Crippen LogP) is 4.07. The standard InChI is InChI=1S/C23H23N5O3/c1-14-13-21-24-15(2)19(16(3)28(21)27-14)10-11-22(29)25-17-6-8-18(9-7-17)26-23(30)20-5-4-12-31-20/h4-9,12-13H,10-11H2,1-3H3,(H,25,29)(H,26,30). The van der Waals surface area contributed by atoms with Gasteiger partial charge in [-0.15, -0.1) is 0 Å². The molecule has 0 aliphatic rings. The van der Waals surface area contributed by atoms with Crippen LogP contribution >= 0.6 is 0 Å². The van der Waals surface area contributed by atoms with E-state index in [2.05, 4.69) is 20.7 Å². The van der Waals surface area contributed by atoms with Gasteiger partial charge in [0.05, 0.1) is 12.0 Å². The number of carbonyl (C=O) groups is 2. The average molecular weight is 417 g/mol. The molecule has 4 rings (SSSR count). The van der Waals surface area contributed by atoms with E-state index < -0.39 is 0 Å². The molecule has 31 heavy (non-hydrogen) atoms. The Morgan fingerprint density at radius 1 is 1.03 bits per heavy atom. The highest BCUT2D eigenvalue weighted by molar-refractivity contribution is 6.02. The Morgan fingerprint density at radius 2 is 1.74 bits per heavy atom. The largest absolute Gasteiger partial charge is 0.459 e. The van der Waals surface area contributed by atoms with Crippen molar-refractivity contribution in [1.82, 2.24) is 14.6 Å². The lowest BCUT2D eigenvalue weighted by molar-refractivity contribution is -0.116. The van der Waals surface area contributed by atoms with Gasteiger partial charge in [-0.05, 0) is 69.2 Å². The number of nitrogens with zero attached hydrogens (tertiary/aromatic N) is 3. The minimum atomic E-state index is -0.328. The first kappa shape index (κ1) is 20.3. The van der Waals surface area contributed by atoms with E-state index in [1.54, 1.807) is 36.4 Å². The highest BCUT2D eigenvalue weighted by atomic mass is 16.3. The maximum absolute atomic E-state index is 12.5. The molecule has 4 aromatic rings. The molecule has 0 fully saturated rings. The molecule has 3 heterocycles. The first-order chi connectivity index (χ1) is 14.9. The maximum Gasteiger partial charge on any atom is 0.291 e. The molecule has 8 heteroatoms. The van der Waals surface area contributed by atoms with Crippen LogP contribution < -0.4 is 10.6 Å². The topological polar surface area (TPSA) is 102 Å². The zero-order chi connectivity index (χ0) is 22.0. The number of furan rings is 1. The molecular weight excluding hydrogens is 394 g/mol. The van der Waals surface area contributed by atoms with Gasteiger partial charge in [-0.3, -0.25) is 9.59 Å². The molecule has 0 atom stereocenters. The van der Waals surface area contributed by atoms with E-state index >= 15 is 0 Å². The van der Waals surface area contributed by atoms with Crippen LogP contribution in [0.4, 0.5) is 11.4 Å². The van der Waals surface area contributed by atoms with Crippen LogP contribution in [-0.2, 0) is 11.2 Å². The van der Waals surface area contributed by atoms with Gasteiger partial charge in [0.15, 0.2) is 11.4 Å². The Balaban J connectivity index is 1.36. The normalized spacial score (nSPS) is 10.9. The van der Waals surface area contributed by atoms with Crippen molar-refractivity contribution in [2.75, 3.05) is 10.6 Å². The number of amides is 2. The maximum atomic E-state index is 12.5. The average Bonchev–Trinajstić information content (AvgIpc) is 3.39. The minimum Gasteiger partial charge on any atom is -0.459 e. The molecule has 2 N–H and O–H groups in total. The van der Waals surface area contributed by atoms with Crippen molar-refractivity contribution in [3.63, 3.8) is 0 Å². The van der Waals surface area contributed by atoms with Crippen molar-refractivity contribution in [1.29, 1.82) is 0 Å². The Bertz CT molecular complexity index is 1240. The fraction of sp³-hybridized carbons (Fsp3) is 0.217. The molecule has 0 bridgehead atoms. The lowest BCUT2D eigenvalue weighted by Gasteiger charge is -2.11. The molecule has 0 aliphatic heterocycles. The van der Waals surface area contributed by atoms with Crippen molar-refractivity contribution >= 4 is 28.8 Å². The van der Waals surface area contributed by atoms with Crippen LogP contribution in [0.2, 0.25) is 0 Å². The highest BCUT2D eigenvalue weighted by Gasteiger charge is 2.13. The second kappa shape index (κ2) is 8.43. The number of benzene rings is 1. The molecule has 0 aliphatic carbocycles. The summed E-state index contributed by atoms with van der Waals surface area (Å²) in [7, 11) is 0. The summed E-state index contributed by atoms with van der Waals surface area (Å²) in [5.74, 6) is -0.186. The Hall–Kier alpha value is -3.94. The van der Waals surface area contributed by atoms with Crippen LogP contribution in [0, 0.1) is 20.8 Å². The van der Waals surface area contributed by atoms with Gasteiger partial charge in [0.1, 0.15) is 0 Å². The Morgan fingerprint density at radius 3 is 2.42 bits per heavy atom. The Labute approximate surface area is 179 Å². The molecule has 158 valence electrons. The summed E-state index contributed by atoms with van der Waals surface area (Å²) in [6, 6.07) is 12.1. The van der Waals surface area contributed by atoms with Gasteiger partial charge < -0.3 is 15.1 Å². The van der Waals surface area contributed by atoms with E-state index in [1.807, 2.05) is 31.4 Å². The van der Waals surface area contributed by atoms with Crippen molar-refractivity contribution in [3.8, 4) is 0 Å². The van der Waals surface area contributed by atoms with Gasteiger partial charge in [-0.1, -0.05) is 0 Å². The van der Waals surface area contributed by atoms with Crippen LogP contribution in [-0.4, -0.2) is 26.4 Å². The van der Waals surface area contributed by atoms with Gasteiger partial charge in [0.25, 0.3) is 5.91 Å². The number of carbonyl (C=O) groups excluding carboxylic acids is 2. The molecule has 1 aromatic carbocycles. The van der Waals surface area contributed by atoms with Crippen molar-refractivity contribution < 1.29 is 14.0 Å². The minimum absolute atomic E-state index is 0.0945. The number of anilines is 2. The van der Waals surface area contributed by atoms with Crippen molar-refractivity contribution in [2.45, 2.75) is 33.6 Å². The lowest BCUT2D eigenvalue weighted by atomic mass is 10.1. The molecule has 0 unspecified atom stereocenters. The summed E-state index contributed by atoms with van der Waals surface area (Å²) < 4.78 is 6.89. The SMILES string of the molecule is Cc1cc2nc(C)c(CCC(=O)Nc3ccc(NC(=O)c4ccco4)cc3)c(C)n2n1. The molecule has 0 radical (unpaired) electrons. The summed E-state index contributed by atoms with van der Waals surface area (Å²) in [5, 5.41) is 10.1.